The Labute approximate surface area is 210 Å². The van der Waals surface area contributed by atoms with Crippen molar-refractivity contribution in [3.8, 4) is 11.4 Å². The molecular formula is C25H30N6O4S. The second kappa shape index (κ2) is 9.98. The van der Waals surface area contributed by atoms with E-state index in [0.29, 0.717) is 23.2 Å². The van der Waals surface area contributed by atoms with Crippen molar-refractivity contribution in [3.05, 3.63) is 54.0 Å². The fourth-order valence-electron chi connectivity index (χ4n) is 4.98. The number of carbonyl (C=O) groups is 1. The highest BCUT2D eigenvalue weighted by Gasteiger charge is 2.31. The number of pyridine rings is 1. The van der Waals surface area contributed by atoms with E-state index in [1.54, 1.807) is 18.3 Å². The molecule has 3 aromatic rings. The monoisotopic (exact) mass is 510 g/mol. The number of sulfone groups is 1. The van der Waals surface area contributed by atoms with E-state index < -0.39 is 9.84 Å². The maximum Gasteiger partial charge on any atom is 0.244 e. The maximum absolute atomic E-state index is 11.7. The van der Waals surface area contributed by atoms with E-state index in [1.807, 2.05) is 24.3 Å². The smallest absolute Gasteiger partial charge is 0.244 e. The molecule has 190 valence electrons. The Hall–Kier alpha value is -3.31. The van der Waals surface area contributed by atoms with Gasteiger partial charge in [0.15, 0.2) is 9.84 Å². The minimum Gasteiger partial charge on any atom is -0.369 e. The topological polar surface area (TPSA) is 136 Å². The van der Waals surface area contributed by atoms with Crippen molar-refractivity contribution in [2.45, 2.75) is 43.2 Å². The number of anilines is 1. The van der Waals surface area contributed by atoms with E-state index >= 15 is 0 Å². The number of primary amides is 1. The Morgan fingerprint density at radius 3 is 2.56 bits per heavy atom. The molecule has 5 rings (SSSR count). The molecule has 2 aliphatic rings. The van der Waals surface area contributed by atoms with E-state index in [9.17, 15) is 13.2 Å². The first kappa shape index (κ1) is 24.4. The van der Waals surface area contributed by atoms with Gasteiger partial charge in [0, 0.05) is 43.6 Å². The van der Waals surface area contributed by atoms with E-state index in [4.69, 9.17) is 15.2 Å². The normalized spacial score (nSPS) is 19.6. The van der Waals surface area contributed by atoms with Gasteiger partial charge >= 0.3 is 0 Å². The molecule has 0 bridgehead atoms. The van der Waals surface area contributed by atoms with Gasteiger partial charge in [0.2, 0.25) is 17.6 Å². The predicted octanol–water partition coefficient (Wildman–Crippen LogP) is 2.57. The largest absolute Gasteiger partial charge is 0.369 e. The van der Waals surface area contributed by atoms with Crippen LogP contribution in [0, 0.1) is 5.92 Å². The van der Waals surface area contributed by atoms with E-state index in [-0.39, 0.29) is 17.9 Å². The lowest BCUT2D eigenvalue weighted by Gasteiger charge is -2.31. The Bertz CT molecular complexity index is 1330. The summed E-state index contributed by atoms with van der Waals surface area (Å²) in [6.45, 7) is 3.03. The summed E-state index contributed by atoms with van der Waals surface area (Å²) in [6, 6.07) is 10.8. The van der Waals surface area contributed by atoms with Crippen LogP contribution >= 0.6 is 0 Å². The van der Waals surface area contributed by atoms with Crippen LogP contribution in [0.4, 0.5) is 5.82 Å². The zero-order chi connectivity index (χ0) is 25.3. The van der Waals surface area contributed by atoms with Crippen LogP contribution in [0.15, 0.2) is 52.0 Å². The number of amides is 1. The molecule has 2 fully saturated rings. The molecule has 10 nitrogen and oxygen atoms in total. The van der Waals surface area contributed by atoms with Crippen molar-refractivity contribution in [3.63, 3.8) is 0 Å². The summed E-state index contributed by atoms with van der Waals surface area (Å²) in [7, 11) is -3.21. The highest BCUT2D eigenvalue weighted by molar-refractivity contribution is 7.90. The maximum atomic E-state index is 11.7. The summed E-state index contributed by atoms with van der Waals surface area (Å²) in [6.07, 6.45) is 6.33. The standard InChI is InChI=1S/C25H30N6O4S/c1-36(33,34)20-6-4-17(5-7-20)16-31-12-2-3-21(31)25-28-24(29-35-25)19-8-11-27-22(15-19)30-13-9-18(10-14-30)23(26)32/h4-8,11,15,18,21H,2-3,9-10,12-14,16H2,1H3,(H2,26,32)/t21-/m0/s1. The average Bonchev–Trinajstić information content (AvgIpc) is 3.54. The van der Waals surface area contributed by atoms with Crippen molar-refractivity contribution < 1.29 is 17.7 Å². The molecule has 0 unspecified atom stereocenters. The van der Waals surface area contributed by atoms with Gasteiger partial charge in [-0.2, -0.15) is 4.98 Å². The van der Waals surface area contributed by atoms with Crippen molar-refractivity contribution >= 4 is 21.6 Å². The number of hydrogen-bond acceptors (Lipinski definition) is 9. The lowest BCUT2D eigenvalue weighted by atomic mass is 9.96. The van der Waals surface area contributed by atoms with Crippen LogP contribution in [0.3, 0.4) is 0 Å². The molecule has 2 saturated heterocycles. The second-order valence-electron chi connectivity index (χ2n) is 9.57. The van der Waals surface area contributed by atoms with Gasteiger partial charge in [0.1, 0.15) is 5.82 Å². The number of likely N-dealkylation sites (tertiary alicyclic amines) is 1. The fourth-order valence-corrected chi connectivity index (χ4v) is 5.61. The van der Waals surface area contributed by atoms with E-state index in [0.717, 1.165) is 62.3 Å². The molecule has 36 heavy (non-hydrogen) atoms. The summed E-state index contributed by atoms with van der Waals surface area (Å²) in [4.78, 5) is 25.4. The molecule has 2 N–H and O–H groups in total. The van der Waals surface area contributed by atoms with Gasteiger partial charge in [-0.05, 0) is 62.1 Å². The Kier molecular flexibility index (Phi) is 6.76. The van der Waals surface area contributed by atoms with Crippen molar-refractivity contribution in [2.75, 3.05) is 30.8 Å². The van der Waals surface area contributed by atoms with Gasteiger partial charge in [0.25, 0.3) is 0 Å². The van der Waals surface area contributed by atoms with Crippen LogP contribution in [0.2, 0.25) is 0 Å². The molecular weight excluding hydrogens is 480 g/mol. The molecule has 2 aromatic heterocycles. The van der Waals surface area contributed by atoms with Crippen LogP contribution in [-0.4, -0.2) is 60.2 Å². The third-order valence-electron chi connectivity index (χ3n) is 7.05. The first-order valence-corrected chi connectivity index (χ1v) is 14.0. The number of benzene rings is 1. The van der Waals surface area contributed by atoms with Crippen molar-refractivity contribution in [2.24, 2.45) is 11.7 Å². The number of rotatable bonds is 7. The lowest BCUT2D eigenvalue weighted by Crippen LogP contribution is -2.38. The quantitative estimate of drug-likeness (QED) is 0.508. The van der Waals surface area contributed by atoms with Gasteiger partial charge in [-0.15, -0.1) is 0 Å². The molecule has 0 radical (unpaired) electrons. The summed E-state index contributed by atoms with van der Waals surface area (Å²) in [5.41, 5.74) is 7.32. The van der Waals surface area contributed by atoms with Crippen molar-refractivity contribution in [1.29, 1.82) is 0 Å². The molecule has 1 amide bonds. The van der Waals surface area contributed by atoms with Crippen LogP contribution in [0.1, 0.15) is 43.2 Å². The molecule has 1 aromatic carbocycles. The van der Waals surface area contributed by atoms with Crippen molar-refractivity contribution in [1.82, 2.24) is 20.0 Å². The van der Waals surface area contributed by atoms with Crippen LogP contribution in [0.25, 0.3) is 11.4 Å². The zero-order valence-electron chi connectivity index (χ0n) is 20.2. The van der Waals surface area contributed by atoms with Gasteiger partial charge < -0.3 is 15.2 Å². The lowest BCUT2D eigenvalue weighted by molar-refractivity contribution is -0.122. The predicted molar refractivity (Wildman–Crippen MR) is 134 cm³/mol. The van der Waals surface area contributed by atoms with Crippen LogP contribution < -0.4 is 10.6 Å². The number of hydrogen-bond donors (Lipinski definition) is 1. The summed E-state index contributed by atoms with van der Waals surface area (Å²) in [5.74, 6) is 1.61. The highest BCUT2D eigenvalue weighted by Crippen LogP contribution is 2.34. The fraction of sp³-hybridized carbons (Fsp3) is 0.440. The van der Waals surface area contributed by atoms with Gasteiger partial charge in [-0.1, -0.05) is 17.3 Å². The number of carbonyl (C=O) groups excluding carboxylic acids is 1. The first-order chi connectivity index (χ1) is 17.3. The summed E-state index contributed by atoms with van der Waals surface area (Å²) >= 11 is 0. The average molecular weight is 511 g/mol. The molecule has 4 heterocycles. The molecule has 2 aliphatic heterocycles. The van der Waals surface area contributed by atoms with Gasteiger partial charge in [-0.25, -0.2) is 13.4 Å². The Morgan fingerprint density at radius 2 is 1.86 bits per heavy atom. The molecule has 0 saturated carbocycles. The Balaban J connectivity index is 1.28. The molecule has 0 spiro atoms. The first-order valence-electron chi connectivity index (χ1n) is 12.2. The minimum absolute atomic E-state index is 0.00923. The van der Waals surface area contributed by atoms with Gasteiger partial charge in [-0.3, -0.25) is 9.69 Å². The highest BCUT2D eigenvalue weighted by atomic mass is 32.2. The van der Waals surface area contributed by atoms with E-state index in [2.05, 4.69) is 19.9 Å². The number of nitrogens with two attached hydrogens (primary N) is 1. The molecule has 0 aliphatic carbocycles. The summed E-state index contributed by atoms with van der Waals surface area (Å²) in [5, 5.41) is 4.25. The third kappa shape index (κ3) is 5.26. The minimum atomic E-state index is -3.21. The second-order valence-corrected chi connectivity index (χ2v) is 11.6. The van der Waals surface area contributed by atoms with Gasteiger partial charge in [0.05, 0.1) is 10.9 Å². The van der Waals surface area contributed by atoms with Crippen LogP contribution in [0.5, 0.6) is 0 Å². The van der Waals surface area contributed by atoms with Crippen LogP contribution in [-0.2, 0) is 21.2 Å². The Morgan fingerprint density at radius 1 is 1.11 bits per heavy atom. The molecule has 11 heteroatoms. The number of piperidine rings is 1. The third-order valence-corrected chi connectivity index (χ3v) is 8.18. The summed E-state index contributed by atoms with van der Waals surface area (Å²) < 4.78 is 29.2. The van der Waals surface area contributed by atoms with E-state index in [1.165, 1.54) is 6.26 Å². The zero-order valence-corrected chi connectivity index (χ0v) is 21.0. The molecule has 1 atom stereocenters. The number of nitrogens with zero attached hydrogens (tertiary/aromatic N) is 5. The number of aromatic nitrogens is 3. The SMILES string of the molecule is CS(=O)(=O)c1ccc(CN2CCC[C@H]2c2nc(-c3ccnc(N4CCC(C(N)=O)CC4)c3)no2)cc1.